The van der Waals surface area contributed by atoms with E-state index in [0.29, 0.717) is 24.5 Å². The highest BCUT2D eigenvalue weighted by molar-refractivity contribution is 5.93. The number of nitrogen functional groups attached to an aromatic ring is 1. The molecule has 2 rings (SSSR count). The summed E-state index contributed by atoms with van der Waals surface area (Å²) >= 11 is 0. The van der Waals surface area contributed by atoms with Crippen molar-refractivity contribution in [1.82, 2.24) is 19.7 Å². The molecule has 0 aliphatic heterocycles. The fraction of sp³-hybridized carbons (Fsp3) is 0.333. The average Bonchev–Trinajstić information content (AvgIpc) is 2.92. The second-order valence-corrected chi connectivity index (χ2v) is 4.11. The summed E-state index contributed by atoms with van der Waals surface area (Å²) in [5.74, 6) is -0.140. The molecule has 1 amide bonds. The van der Waals surface area contributed by atoms with Crippen molar-refractivity contribution in [2.45, 2.75) is 20.0 Å². The fourth-order valence-corrected chi connectivity index (χ4v) is 1.80. The van der Waals surface area contributed by atoms with Crippen LogP contribution in [0.25, 0.3) is 0 Å². The number of nitrogens with two attached hydrogens (primary N) is 1. The number of aromatic nitrogens is 3. The predicted octanol–water partition coefficient (Wildman–Crippen LogP) is 0.754. The van der Waals surface area contributed by atoms with Crippen LogP contribution in [0.15, 0.2) is 24.5 Å². The van der Waals surface area contributed by atoms with Gasteiger partial charge in [0.15, 0.2) is 0 Å². The molecule has 96 valence electrons. The van der Waals surface area contributed by atoms with Crippen molar-refractivity contribution >= 4 is 11.6 Å². The molecule has 0 aliphatic rings. The molecule has 6 heteroatoms. The number of nitrogens with zero attached hydrogens (tertiary/aromatic N) is 3. The molecular formula is C12H17N5O. The number of hydrogen-bond acceptors (Lipinski definition) is 3. The van der Waals surface area contributed by atoms with Crippen LogP contribution in [-0.2, 0) is 20.1 Å². The zero-order valence-electron chi connectivity index (χ0n) is 10.6. The quantitative estimate of drug-likeness (QED) is 0.837. The van der Waals surface area contributed by atoms with E-state index in [0.717, 1.165) is 5.69 Å². The van der Waals surface area contributed by atoms with Crippen LogP contribution in [0.5, 0.6) is 0 Å². The third-order valence-corrected chi connectivity index (χ3v) is 2.69. The molecule has 2 aromatic heterocycles. The molecule has 6 nitrogen and oxygen atoms in total. The number of nitrogens with one attached hydrogen (secondary N) is 1. The minimum absolute atomic E-state index is 0.140. The van der Waals surface area contributed by atoms with Gasteiger partial charge in [0.1, 0.15) is 5.69 Å². The van der Waals surface area contributed by atoms with Crippen molar-refractivity contribution in [3.63, 3.8) is 0 Å². The van der Waals surface area contributed by atoms with Crippen LogP contribution in [0.2, 0.25) is 0 Å². The van der Waals surface area contributed by atoms with Crippen molar-refractivity contribution in [2.75, 3.05) is 5.73 Å². The van der Waals surface area contributed by atoms with Crippen molar-refractivity contribution < 1.29 is 4.79 Å². The van der Waals surface area contributed by atoms with Crippen LogP contribution in [0.1, 0.15) is 23.1 Å². The SMILES string of the molecule is CCn1cc(N)cc1C(=O)NCc1ccn(C)n1. The number of hydrogen-bond donors (Lipinski definition) is 2. The van der Waals surface area contributed by atoms with Gasteiger partial charge in [-0.2, -0.15) is 5.10 Å². The third kappa shape index (κ3) is 2.53. The maximum absolute atomic E-state index is 12.0. The minimum atomic E-state index is -0.140. The van der Waals surface area contributed by atoms with E-state index in [9.17, 15) is 4.79 Å². The van der Waals surface area contributed by atoms with Crippen LogP contribution < -0.4 is 11.1 Å². The van der Waals surface area contributed by atoms with Gasteiger partial charge in [-0.1, -0.05) is 0 Å². The fourth-order valence-electron chi connectivity index (χ4n) is 1.80. The number of carbonyl (C=O) groups is 1. The Kier molecular flexibility index (Phi) is 3.36. The average molecular weight is 247 g/mol. The Labute approximate surface area is 105 Å². The van der Waals surface area contributed by atoms with Crippen molar-refractivity contribution in [1.29, 1.82) is 0 Å². The molecule has 0 unspecified atom stereocenters. The maximum Gasteiger partial charge on any atom is 0.268 e. The van der Waals surface area contributed by atoms with Crippen molar-refractivity contribution in [3.8, 4) is 0 Å². The first kappa shape index (κ1) is 12.2. The van der Waals surface area contributed by atoms with E-state index in [4.69, 9.17) is 5.73 Å². The third-order valence-electron chi connectivity index (χ3n) is 2.69. The topological polar surface area (TPSA) is 77.9 Å². The first-order chi connectivity index (χ1) is 8.60. The van der Waals surface area contributed by atoms with E-state index in [1.165, 1.54) is 0 Å². The summed E-state index contributed by atoms with van der Waals surface area (Å²) < 4.78 is 3.53. The van der Waals surface area contributed by atoms with E-state index < -0.39 is 0 Å². The molecule has 0 saturated heterocycles. The summed E-state index contributed by atoms with van der Waals surface area (Å²) in [6.07, 6.45) is 3.60. The molecule has 2 heterocycles. The van der Waals surface area contributed by atoms with Gasteiger partial charge < -0.3 is 15.6 Å². The van der Waals surface area contributed by atoms with Gasteiger partial charge in [-0.25, -0.2) is 0 Å². The van der Waals surface area contributed by atoms with Gasteiger partial charge >= 0.3 is 0 Å². The molecular weight excluding hydrogens is 230 g/mol. The van der Waals surface area contributed by atoms with Gasteiger partial charge in [0.05, 0.1) is 17.9 Å². The Morgan fingerprint density at radius 2 is 2.33 bits per heavy atom. The number of carbonyl (C=O) groups excluding carboxylic acids is 1. The normalized spacial score (nSPS) is 10.6. The van der Waals surface area contributed by atoms with Crippen molar-refractivity contribution in [2.24, 2.45) is 7.05 Å². The first-order valence-electron chi connectivity index (χ1n) is 5.82. The number of anilines is 1. The Morgan fingerprint density at radius 1 is 1.56 bits per heavy atom. The van der Waals surface area contributed by atoms with Crippen LogP contribution in [0.3, 0.4) is 0 Å². The van der Waals surface area contributed by atoms with E-state index >= 15 is 0 Å². The molecule has 0 aliphatic carbocycles. The van der Waals surface area contributed by atoms with Gasteiger partial charge in [-0.3, -0.25) is 9.48 Å². The van der Waals surface area contributed by atoms with Gasteiger partial charge in [-0.05, 0) is 19.1 Å². The Balaban J connectivity index is 2.03. The highest BCUT2D eigenvalue weighted by Gasteiger charge is 2.11. The van der Waals surface area contributed by atoms with E-state index in [2.05, 4.69) is 10.4 Å². The number of aryl methyl sites for hydroxylation is 2. The molecule has 0 radical (unpaired) electrons. The number of rotatable bonds is 4. The van der Waals surface area contributed by atoms with Gasteiger partial charge in [-0.15, -0.1) is 0 Å². The minimum Gasteiger partial charge on any atom is -0.397 e. The number of amides is 1. The maximum atomic E-state index is 12.0. The zero-order chi connectivity index (χ0) is 13.1. The van der Waals surface area contributed by atoms with Gasteiger partial charge in [0, 0.05) is 26.0 Å². The van der Waals surface area contributed by atoms with Crippen LogP contribution in [0, 0.1) is 0 Å². The summed E-state index contributed by atoms with van der Waals surface area (Å²) in [7, 11) is 1.84. The highest BCUT2D eigenvalue weighted by atomic mass is 16.1. The van der Waals surface area contributed by atoms with E-state index in [-0.39, 0.29) is 5.91 Å². The van der Waals surface area contributed by atoms with Crippen LogP contribution >= 0.6 is 0 Å². The van der Waals surface area contributed by atoms with E-state index in [1.54, 1.807) is 16.9 Å². The monoisotopic (exact) mass is 247 g/mol. The Hall–Kier alpha value is -2.24. The second-order valence-electron chi connectivity index (χ2n) is 4.11. The van der Waals surface area contributed by atoms with Crippen molar-refractivity contribution in [3.05, 3.63) is 35.9 Å². The Bertz CT molecular complexity index is 555. The molecule has 18 heavy (non-hydrogen) atoms. The highest BCUT2D eigenvalue weighted by Crippen LogP contribution is 2.10. The van der Waals surface area contributed by atoms with Gasteiger partial charge in [0.2, 0.25) is 0 Å². The Morgan fingerprint density at radius 3 is 2.94 bits per heavy atom. The zero-order valence-corrected chi connectivity index (χ0v) is 10.6. The molecule has 0 spiro atoms. The summed E-state index contributed by atoms with van der Waals surface area (Å²) in [6, 6.07) is 3.55. The summed E-state index contributed by atoms with van der Waals surface area (Å²) in [6.45, 7) is 3.09. The lowest BCUT2D eigenvalue weighted by molar-refractivity contribution is 0.0941. The smallest absolute Gasteiger partial charge is 0.268 e. The van der Waals surface area contributed by atoms with E-state index in [1.807, 2.05) is 30.8 Å². The molecule has 0 bridgehead atoms. The largest absolute Gasteiger partial charge is 0.397 e. The molecule has 0 saturated carbocycles. The molecule has 2 aromatic rings. The molecule has 0 atom stereocenters. The summed E-state index contributed by atoms with van der Waals surface area (Å²) in [5, 5.41) is 7.02. The van der Waals surface area contributed by atoms with Gasteiger partial charge in [0.25, 0.3) is 5.91 Å². The van der Waals surface area contributed by atoms with Crippen LogP contribution in [-0.4, -0.2) is 20.3 Å². The second kappa shape index (κ2) is 4.95. The molecule has 3 N–H and O–H groups in total. The van der Waals surface area contributed by atoms with Crippen LogP contribution in [0.4, 0.5) is 5.69 Å². The molecule has 0 fully saturated rings. The lowest BCUT2D eigenvalue weighted by Crippen LogP contribution is -2.25. The predicted molar refractivity (Wildman–Crippen MR) is 68.9 cm³/mol. The lowest BCUT2D eigenvalue weighted by atomic mass is 10.3. The summed E-state index contributed by atoms with van der Waals surface area (Å²) in [5.41, 5.74) is 7.69. The lowest BCUT2D eigenvalue weighted by Gasteiger charge is -2.06. The molecule has 0 aromatic carbocycles. The summed E-state index contributed by atoms with van der Waals surface area (Å²) in [4.78, 5) is 12.0. The standard InChI is InChI=1S/C12H17N5O/c1-3-17-8-9(13)6-11(17)12(18)14-7-10-4-5-16(2)15-10/h4-6,8H,3,7,13H2,1-2H3,(H,14,18). The first-order valence-corrected chi connectivity index (χ1v) is 5.82.